The number of aliphatic carboxylic acids is 1. The molecule has 2 aromatic carbocycles. The number of carboxylic acid groups (broad SMARTS) is 1. The third kappa shape index (κ3) is 6.18. The fourth-order valence-electron chi connectivity index (χ4n) is 3.59. The number of carboxylic acids is 1. The minimum atomic E-state index is -0.794. The van der Waals surface area contributed by atoms with Gasteiger partial charge in [0.2, 0.25) is 0 Å². The van der Waals surface area contributed by atoms with Crippen LogP contribution in [0.2, 0.25) is 0 Å². The quantitative estimate of drug-likeness (QED) is 0.412. The fourth-order valence-corrected chi connectivity index (χ4v) is 3.59. The second-order valence-corrected chi connectivity index (χ2v) is 7.87. The number of rotatable bonds is 10. The molecule has 0 aliphatic heterocycles. The van der Waals surface area contributed by atoms with Crippen molar-refractivity contribution in [2.45, 2.75) is 52.1 Å². The summed E-state index contributed by atoms with van der Waals surface area (Å²) in [5.41, 5.74) is 5.34. The van der Waals surface area contributed by atoms with Crippen LogP contribution in [-0.4, -0.2) is 16.1 Å². The average molecular weight is 429 g/mol. The van der Waals surface area contributed by atoms with E-state index in [-0.39, 0.29) is 12.5 Å². The summed E-state index contributed by atoms with van der Waals surface area (Å²) in [7, 11) is 0. The van der Waals surface area contributed by atoms with Gasteiger partial charge in [0.25, 0.3) is 0 Å². The molecule has 1 unspecified atom stereocenters. The lowest BCUT2D eigenvalue weighted by Crippen LogP contribution is -2.10. The van der Waals surface area contributed by atoms with Gasteiger partial charge in [0, 0.05) is 12.0 Å². The van der Waals surface area contributed by atoms with E-state index in [0.717, 1.165) is 53.1 Å². The number of unbranched alkanes of at least 4 members (excludes halogenated alkanes) is 1. The maximum absolute atomic E-state index is 10.9. The van der Waals surface area contributed by atoms with E-state index in [1.807, 2.05) is 55.5 Å². The maximum Gasteiger partial charge on any atom is 0.303 e. The first-order valence-electron chi connectivity index (χ1n) is 11.0. The second kappa shape index (κ2) is 11.1. The molecule has 0 spiro atoms. The Kier molecular flexibility index (Phi) is 7.99. The lowest BCUT2D eigenvalue weighted by Gasteiger charge is -2.20. The van der Waals surface area contributed by atoms with Gasteiger partial charge in [-0.1, -0.05) is 37.6 Å². The number of aryl methyl sites for hydroxylation is 2. The molecule has 3 aromatic rings. The molecule has 0 fully saturated rings. The standard InChI is InChI=1S/C27H28N2O3/c1-3-4-8-26(32-23-15-13-21(19(2)17-23)14-16-27(30)31)25-7-5-6-24(29-25)22-11-9-20(18-28)10-12-22/h5-7,9-13,15,17,26H,3-4,8,14,16H2,1-2H3,(H,30,31). The zero-order chi connectivity index (χ0) is 22.9. The molecule has 32 heavy (non-hydrogen) atoms. The molecule has 0 aliphatic rings. The Labute approximate surface area is 189 Å². The zero-order valence-electron chi connectivity index (χ0n) is 18.5. The summed E-state index contributed by atoms with van der Waals surface area (Å²) in [6, 6.07) is 21.3. The van der Waals surface area contributed by atoms with E-state index in [2.05, 4.69) is 13.0 Å². The second-order valence-electron chi connectivity index (χ2n) is 7.87. The molecule has 0 saturated heterocycles. The molecule has 3 rings (SSSR count). The smallest absolute Gasteiger partial charge is 0.303 e. The summed E-state index contributed by atoms with van der Waals surface area (Å²) in [6.45, 7) is 4.13. The van der Waals surface area contributed by atoms with E-state index >= 15 is 0 Å². The Morgan fingerprint density at radius 3 is 2.59 bits per heavy atom. The molecule has 0 bridgehead atoms. The van der Waals surface area contributed by atoms with Gasteiger partial charge in [-0.3, -0.25) is 4.79 Å². The van der Waals surface area contributed by atoms with Crippen molar-refractivity contribution in [3.8, 4) is 23.1 Å². The summed E-state index contributed by atoms with van der Waals surface area (Å²) in [5.74, 6) is -0.0363. The third-order valence-electron chi connectivity index (χ3n) is 5.43. The number of benzene rings is 2. The van der Waals surface area contributed by atoms with Gasteiger partial charge >= 0.3 is 5.97 Å². The van der Waals surface area contributed by atoms with Gasteiger partial charge in [0.05, 0.1) is 23.0 Å². The van der Waals surface area contributed by atoms with E-state index < -0.39 is 5.97 Å². The zero-order valence-corrected chi connectivity index (χ0v) is 18.5. The Hall–Kier alpha value is -3.65. The van der Waals surface area contributed by atoms with Crippen molar-refractivity contribution in [3.63, 3.8) is 0 Å². The highest BCUT2D eigenvalue weighted by molar-refractivity contribution is 5.67. The highest BCUT2D eigenvalue weighted by Crippen LogP contribution is 2.29. The van der Waals surface area contributed by atoms with Crippen LogP contribution in [0, 0.1) is 18.3 Å². The average Bonchev–Trinajstić information content (AvgIpc) is 2.81. The van der Waals surface area contributed by atoms with Crippen LogP contribution in [0.4, 0.5) is 0 Å². The van der Waals surface area contributed by atoms with Gasteiger partial charge < -0.3 is 9.84 Å². The number of nitriles is 1. The molecular formula is C27H28N2O3. The summed E-state index contributed by atoms with van der Waals surface area (Å²) in [6.07, 6.45) is 3.37. The fraction of sp³-hybridized carbons (Fsp3) is 0.296. The summed E-state index contributed by atoms with van der Waals surface area (Å²) in [5, 5.41) is 18.0. The van der Waals surface area contributed by atoms with E-state index in [9.17, 15) is 4.79 Å². The van der Waals surface area contributed by atoms with Crippen molar-refractivity contribution < 1.29 is 14.6 Å². The summed E-state index contributed by atoms with van der Waals surface area (Å²) >= 11 is 0. The van der Waals surface area contributed by atoms with E-state index in [1.54, 1.807) is 12.1 Å². The van der Waals surface area contributed by atoms with Gasteiger partial charge in [-0.2, -0.15) is 5.26 Å². The number of carbonyl (C=O) groups is 1. The molecule has 0 saturated carbocycles. The maximum atomic E-state index is 10.9. The Morgan fingerprint density at radius 1 is 1.16 bits per heavy atom. The van der Waals surface area contributed by atoms with Crippen LogP contribution in [0.5, 0.6) is 5.75 Å². The number of hydrogen-bond acceptors (Lipinski definition) is 4. The van der Waals surface area contributed by atoms with Crippen LogP contribution < -0.4 is 4.74 Å². The number of nitrogens with zero attached hydrogens (tertiary/aromatic N) is 2. The van der Waals surface area contributed by atoms with Crippen LogP contribution in [0.15, 0.2) is 60.7 Å². The first-order chi connectivity index (χ1) is 15.5. The lowest BCUT2D eigenvalue weighted by atomic mass is 10.0. The van der Waals surface area contributed by atoms with Gasteiger partial charge in [0.1, 0.15) is 11.9 Å². The molecule has 0 aliphatic carbocycles. The van der Waals surface area contributed by atoms with Gasteiger partial charge in [-0.25, -0.2) is 4.98 Å². The normalized spacial score (nSPS) is 11.5. The molecule has 164 valence electrons. The number of aromatic nitrogens is 1. The molecule has 0 amide bonds. The van der Waals surface area contributed by atoms with Gasteiger partial charge in [-0.15, -0.1) is 0 Å². The molecule has 1 aromatic heterocycles. The molecule has 1 atom stereocenters. The molecular weight excluding hydrogens is 400 g/mol. The lowest BCUT2D eigenvalue weighted by molar-refractivity contribution is -0.136. The topological polar surface area (TPSA) is 83.2 Å². The van der Waals surface area contributed by atoms with Crippen LogP contribution in [-0.2, 0) is 11.2 Å². The van der Waals surface area contributed by atoms with E-state index in [0.29, 0.717) is 12.0 Å². The van der Waals surface area contributed by atoms with Crippen molar-refractivity contribution in [2.24, 2.45) is 0 Å². The molecule has 1 heterocycles. The van der Waals surface area contributed by atoms with Crippen LogP contribution >= 0.6 is 0 Å². The van der Waals surface area contributed by atoms with Crippen molar-refractivity contribution in [1.29, 1.82) is 5.26 Å². The highest BCUT2D eigenvalue weighted by atomic mass is 16.5. The van der Waals surface area contributed by atoms with Crippen molar-refractivity contribution in [2.75, 3.05) is 0 Å². The Morgan fingerprint density at radius 2 is 1.94 bits per heavy atom. The van der Waals surface area contributed by atoms with Gasteiger partial charge in [-0.05, 0) is 73.7 Å². The molecule has 5 nitrogen and oxygen atoms in total. The summed E-state index contributed by atoms with van der Waals surface area (Å²) in [4.78, 5) is 15.7. The Balaban J connectivity index is 1.83. The van der Waals surface area contributed by atoms with E-state index in [4.69, 9.17) is 20.1 Å². The van der Waals surface area contributed by atoms with Gasteiger partial charge in [0.15, 0.2) is 0 Å². The minimum Gasteiger partial charge on any atom is -0.484 e. The summed E-state index contributed by atoms with van der Waals surface area (Å²) < 4.78 is 6.37. The van der Waals surface area contributed by atoms with Crippen LogP contribution in [0.1, 0.15) is 61.1 Å². The SMILES string of the molecule is CCCCC(Oc1ccc(CCC(=O)O)c(C)c1)c1cccc(-c2ccc(C#N)cc2)n1. The predicted octanol–water partition coefficient (Wildman–Crippen LogP) is 6.26. The highest BCUT2D eigenvalue weighted by Gasteiger charge is 2.16. The predicted molar refractivity (Wildman–Crippen MR) is 124 cm³/mol. The van der Waals surface area contributed by atoms with Crippen LogP contribution in [0.3, 0.4) is 0 Å². The van der Waals surface area contributed by atoms with Crippen LogP contribution in [0.25, 0.3) is 11.3 Å². The van der Waals surface area contributed by atoms with Crippen molar-refractivity contribution >= 4 is 5.97 Å². The Bertz CT molecular complexity index is 1100. The monoisotopic (exact) mass is 428 g/mol. The molecule has 5 heteroatoms. The van der Waals surface area contributed by atoms with Crippen molar-refractivity contribution in [1.82, 2.24) is 4.98 Å². The third-order valence-corrected chi connectivity index (χ3v) is 5.43. The number of hydrogen-bond donors (Lipinski definition) is 1. The van der Waals surface area contributed by atoms with Crippen molar-refractivity contribution in [3.05, 3.63) is 83.0 Å². The number of ether oxygens (including phenoxy) is 1. The molecule has 1 N–H and O–H groups in total. The first kappa shape index (κ1) is 23.0. The largest absolute Gasteiger partial charge is 0.484 e. The molecule has 0 radical (unpaired) electrons. The number of pyridine rings is 1. The minimum absolute atomic E-state index is 0.117. The first-order valence-corrected chi connectivity index (χ1v) is 11.0. The van der Waals surface area contributed by atoms with E-state index in [1.165, 1.54) is 0 Å².